The van der Waals surface area contributed by atoms with Gasteiger partial charge in [0.15, 0.2) is 5.78 Å². The Kier molecular flexibility index (Phi) is 4.00. The molecule has 1 heterocycles. The molecule has 0 atom stereocenters. The van der Waals surface area contributed by atoms with Gasteiger partial charge in [0.1, 0.15) is 0 Å². The summed E-state index contributed by atoms with van der Waals surface area (Å²) in [5.41, 5.74) is 0.985. The molecule has 1 saturated carbocycles. The molecule has 1 aromatic heterocycles. The van der Waals surface area contributed by atoms with Gasteiger partial charge in [0, 0.05) is 22.4 Å². The van der Waals surface area contributed by atoms with Gasteiger partial charge in [-0.15, -0.1) is 11.3 Å². The van der Waals surface area contributed by atoms with E-state index in [0.29, 0.717) is 12.2 Å². The summed E-state index contributed by atoms with van der Waals surface area (Å²) in [6, 6.07) is 1.97. The molecule has 1 fully saturated rings. The summed E-state index contributed by atoms with van der Waals surface area (Å²) >= 11 is 1.66. The zero-order valence-electron chi connectivity index (χ0n) is 10.7. The zero-order valence-corrected chi connectivity index (χ0v) is 11.5. The van der Waals surface area contributed by atoms with E-state index in [2.05, 4.69) is 5.32 Å². The van der Waals surface area contributed by atoms with Crippen molar-refractivity contribution < 1.29 is 4.79 Å². The number of hydrogen-bond acceptors (Lipinski definition) is 3. The van der Waals surface area contributed by atoms with Crippen LogP contribution in [0.5, 0.6) is 0 Å². The van der Waals surface area contributed by atoms with Crippen molar-refractivity contribution in [2.24, 2.45) is 0 Å². The number of rotatable bonds is 4. The first-order valence-electron chi connectivity index (χ1n) is 6.43. The average molecular weight is 251 g/mol. The van der Waals surface area contributed by atoms with Crippen LogP contribution in [-0.2, 0) is 0 Å². The van der Waals surface area contributed by atoms with Crippen LogP contribution in [0.1, 0.15) is 53.8 Å². The fourth-order valence-electron chi connectivity index (χ4n) is 2.82. The molecule has 1 N–H and O–H groups in total. The summed E-state index contributed by atoms with van der Waals surface area (Å²) in [4.78, 5) is 13.5. The van der Waals surface area contributed by atoms with Crippen LogP contribution in [0.25, 0.3) is 0 Å². The van der Waals surface area contributed by atoms with E-state index >= 15 is 0 Å². The maximum Gasteiger partial charge on any atom is 0.165 e. The van der Waals surface area contributed by atoms with Crippen molar-refractivity contribution in [1.82, 2.24) is 5.32 Å². The number of carbonyl (C=O) groups excluding carboxylic acids is 1. The second-order valence-electron chi connectivity index (χ2n) is 5.08. The molecule has 1 aliphatic rings. The summed E-state index contributed by atoms with van der Waals surface area (Å²) in [5, 5.41) is 5.42. The lowest BCUT2D eigenvalue weighted by atomic mass is 9.77. The van der Waals surface area contributed by atoms with Gasteiger partial charge in [-0.1, -0.05) is 19.3 Å². The number of thiophene rings is 1. The topological polar surface area (TPSA) is 29.1 Å². The van der Waals surface area contributed by atoms with Gasteiger partial charge in [-0.3, -0.25) is 4.79 Å². The van der Waals surface area contributed by atoms with Gasteiger partial charge in [0.05, 0.1) is 0 Å². The van der Waals surface area contributed by atoms with E-state index in [-0.39, 0.29) is 5.54 Å². The number of Topliss-reactive ketones (excluding diaryl/α,β-unsaturated/α-hetero) is 1. The maximum atomic E-state index is 12.3. The van der Waals surface area contributed by atoms with Gasteiger partial charge in [-0.25, -0.2) is 0 Å². The van der Waals surface area contributed by atoms with Crippen LogP contribution in [0.2, 0.25) is 0 Å². The Bertz CT molecular complexity index is 391. The molecule has 2 rings (SSSR count). The molecule has 3 heteroatoms. The van der Waals surface area contributed by atoms with E-state index < -0.39 is 0 Å². The highest BCUT2D eigenvalue weighted by Gasteiger charge is 2.33. The fourth-order valence-corrected chi connectivity index (χ4v) is 3.54. The Hall–Kier alpha value is -0.670. The van der Waals surface area contributed by atoms with E-state index in [9.17, 15) is 4.79 Å². The van der Waals surface area contributed by atoms with Crippen molar-refractivity contribution in [2.75, 3.05) is 7.05 Å². The fraction of sp³-hybridized carbons (Fsp3) is 0.643. The number of carbonyl (C=O) groups is 1. The first-order valence-corrected chi connectivity index (χ1v) is 7.31. The van der Waals surface area contributed by atoms with Crippen LogP contribution in [0, 0.1) is 6.92 Å². The molecular formula is C14H21NOS. The van der Waals surface area contributed by atoms with Crippen LogP contribution >= 0.6 is 11.3 Å². The monoisotopic (exact) mass is 251 g/mol. The first kappa shape index (κ1) is 12.8. The van der Waals surface area contributed by atoms with E-state index in [1.165, 1.54) is 19.3 Å². The van der Waals surface area contributed by atoms with E-state index in [1.54, 1.807) is 11.3 Å². The summed E-state index contributed by atoms with van der Waals surface area (Å²) in [5.74, 6) is 0.306. The van der Waals surface area contributed by atoms with Crippen molar-refractivity contribution in [1.29, 1.82) is 0 Å². The van der Waals surface area contributed by atoms with Crippen molar-refractivity contribution in [3.63, 3.8) is 0 Å². The van der Waals surface area contributed by atoms with Crippen molar-refractivity contribution in [2.45, 2.75) is 51.0 Å². The summed E-state index contributed by atoms with van der Waals surface area (Å²) in [6.45, 7) is 2.03. The summed E-state index contributed by atoms with van der Waals surface area (Å²) in [7, 11) is 2.00. The quantitative estimate of drug-likeness (QED) is 0.829. The van der Waals surface area contributed by atoms with Crippen molar-refractivity contribution in [3.05, 3.63) is 21.9 Å². The van der Waals surface area contributed by atoms with E-state index in [0.717, 1.165) is 23.3 Å². The zero-order chi connectivity index (χ0) is 12.3. The SMILES string of the molecule is CNC1(CC(=O)c2ccsc2C)CCCCC1. The lowest BCUT2D eigenvalue weighted by Crippen LogP contribution is -2.46. The Morgan fingerprint density at radius 1 is 1.41 bits per heavy atom. The predicted octanol–water partition coefficient (Wildman–Crippen LogP) is 3.55. The summed E-state index contributed by atoms with van der Waals surface area (Å²) in [6.07, 6.45) is 6.74. The van der Waals surface area contributed by atoms with Crippen LogP contribution in [0.15, 0.2) is 11.4 Å². The maximum absolute atomic E-state index is 12.3. The van der Waals surface area contributed by atoms with Crippen LogP contribution in [0.4, 0.5) is 0 Å². The highest BCUT2D eigenvalue weighted by atomic mass is 32.1. The minimum absolute atomic E-state index is 0.0592. The highest BCUT2D eigenvalue weighted by Crippen LogP contribution is 2.32. The smallest absolute Gasteiger partial charge is 0.165 e. The Labute approximate surface area is 107 Å². The second-order valence-corrected chi connectivity index (χ2v) is 6.20. The van der Waals surface area contributed by atoms with Crippen molar-refractivity contribution in [3.8, 4) is 0 Å². The lowest BCUT2D eigenvalue weighted by Gasteiger charge is -2.36. The van der Waals surface area contributed by atoms with Crippen LogP contribution < -0.4 is 5.32 Å². The van der Waals surface area contributed by atoms with Crippen LogP contribution in [0.3, 0.4) is 0 Å². The first-order chi connectivity index (χ1) is 8.17. The van der Waals surface area contributed by atoms with Gasteiger partial charge in [0.25, 0.3) is 0 Å². The molecule has 0 amide bonds. The number of hydrogen-bond donors (Lipinski definition) is 1. The Morgan fingerprint density at radius 2 is 2.12 bits per heavy atom. The molecule has 0 aliphatic heterocycles. The van der Waals surface area contributed by atoms with Gasteiger partial charge in [0.2, 0.25) is 0 Å². The molecule has 0 spiro atoms. The molecule has 94 valence electrons. The molecule has 0 aromatic carbocycles. The molecule has 1 aromatic rings. The molecule has 0 unspecified atom stereocenters. The molecular weight excluding hydrogens is 230 g/mol. The number of aryl methyl sites for hydroxylation is 1. The standard InChI is InChI=1S/C14H21NOS/c1-11-12(6-9-17-11)13(16)10-14(15-2)7-4-3-5-8-14/h6,9,15H,3-5,7-8,10H2,1-2H3. The lowest BCUT2D eigenvalue weighted by molar-refractivity contribution is 0.0915. The van der Waals surface area contributed by atoms with Crippen LogP contribution in [-0.4, -0.2) is 18.4 Å². The average Bonchev–Trinajstić information content (AvgIpc) is 2.77. The minimum Gasteiger partial charge on any atom is -0.314 e. The van der Waals surface area contributed by atoms with Gasteiger partial charge in [-0.2, -0.15) is 0 Å². The molecule has 1 aliphatic carbocycles. The third kappa shape index (κ3) is 2.78. The van der Waals surface area contributed by atoms with E-state index in [1.807, 2.05) is 25.4 Å². The molecule has 0 radical (unpaired) electrons. The Morgan fingerprint density at radius 3 is 2.65 bits per heavy atom. The Balaban J connectivity index is 2.08. The molecule has 0 saturated heterocycles. The minimum atomic E-state index is 0.0592. The van der Waals surface area contributed by atoms with Gasteiger partial charge >= 0.3 is 0 Å². The molecule has 0 bridgehead atoms. The van der Waals surface area contributed by atoms with Gasteiger partial charge < -0.3 is 5.32 Å². The number of nitrogens with one attached hydrogen (secondary N) is 1. The number of ketones is 1. The highest BCUT2D eigenvalue weighted by molar-refractivity contribution is 7.10. The normalized spacial score (nSPS) is 19.2. The molecule has 17 heavy (non-hydrogen) atoms. The predicted molar refractivity (Wildman–Crippen MR) is 72.9 cm³/mol. The van der Waals surface area contributed by atoms with E-state index in [4.69, 9.17) is 0 Å². The third-order valence-electron chi connectivity index (χ3n) is 4.00. The third-order valence-corrected chi connectivity index (χ3v) is 4.84. The largest absolute Gasteiger partial charge is 0.314 e. The summed E-state index contributed by atoms with van der Waals surface area (Å²) < 4.78 is 0. The van der Waals surface area contributed by atoms with Gasteiger partial charge in [-0.05, 0) is 38.3 Å². The second kappa shape index (κ2) is 5.32. The van der Waals surface area contributed by atoms with Crippen molar-refractivity contribution >= 4 is 17.1 Å². The molecule has 2 nitrogen and oxygen atoms in total.